The van der Waals surface area contributed by atoms with Crippen LogP contribution in [0, 0.1) is 0 Å². The Morgan fingerprint density at radius 1 is 1.00 bits per heavy atom. The number of allylic oxidation sites excluding steroid dienone is 2. The maximum Gasteiger partial charge on any atom is 0.252 e. The summed E-state index contributed by atoms with van der Waals surface area (Å²) in [5.74, 6) is -0.0247. The van der Waals surface area contributed by atoms with Gasteiger partial charge in [-0.05, 0) is 36.6 Å². The van der Waals surface area contributed by atoms with Crippen LogP contribution in [0.25, 0.3) is 0 Å². The lowest BCUT2D eigenvalue weighted by Crippen LogP contribution is -2.41. The fraction of sp³-hybridized carbons (Fsp3) is 0.150. The van der Waals surface area contributed by atoms with Crippen LogP contribution in [0.15, 0.2) is 78.4 Å². The van der Waals surface area contributed by atoms with E-state index >= 15 is 0 Å². The first-order valence-electron chi connectivity index (χ1n) is 7.51. The lowest BCUT2D eigenvalue weighted by molar-refractivity contribution is 0.0948. The van der Waals surface area contributed by atoms with Crippen LogP contribution in [0.3, 0.4) is 0 Å². The molecular formula is C20H19NO. The van der Waals surface area contributed by atoms with Gasteiger partial charge in [0, 0.05) is 5.56 Å². The minimum absolute atomic E-state index is 0.0247. The highest BCUT2D eigenvalue weighted by Crippen LogP contribution is 2.43. The molecule has 0 saturated heterocycles. The molecule has 1 heterocycles. The molecule has 1 amide bonds. The van der Waals surface area contributed by atoms with Crippen molar-refractivity contribution in [2.75, 3.05) is 0 Å². The van der Waals surface area contributed by atoms with Gasteiger partial charge < -0.3 is 5.32 Å². The van der Waals surface area contributed by atoms with E-state index in [2.05, 4.69) is 29.6 Å². The molecule has 0 bridgehead atoms. The smallest absolute Gasteiger partial charge is 0.252 e. The third kappa shape index (κ3) is 2.00. The standard InChI is InChI=1S/C20H19NO/c1-3-10-15(4-2)20(16-11-6-5-7-12-16)18-14-9-8-13-17(18)19(22)21-20/h3-14H,1-2H3,(H,21,22)/b10-3-,15-4+. The highest BCUT2D eigenvalue weighted by molar-refractivity contribution is 6.01. The Balaban J connectivity index is 2.34. The van der Waals surface area contributed by atoms with Gasteiger partial charge in [-0.1, -0.05) is 66.8 Å². The van der Waals surface area contributed by atoms with E-state index in [1.165, 1.54) is 0 Å². The van der Waals surface area contributed by atoms with Crippen molar-refractivity contribution < 1.29 is 4.79 Å². The average Bonchev–Trinajstić information content (AvgIpc) is 2.88. The van der Waals surface area contributed by atoms with E-state index in [4.69, 9.17) is 0 Å². The fourth-order valence-electron chi connectivity index (χ4n) is 3.24. The molecule has 0 fully saturated rings. The van der Waals surface area contributed by atoms with Crippen LogP contribution in [0.2, 0.25) is 0 Å². The van der Waals surface area contributed by atoms with Crippen molar-refractivity contribution in [2.45, 2.75) is 19.4 Å². The summed E-state index contributed by atoms with van der Waals surface area (Å²) < 4.78 is 0. The maximum atomic E-state index is 12.5. The predicted molar refractivity (Wildman–Crippen MR) is 89.7 cm³/mol. The molecule has 0 radical (unpaired) electrons. The normalized spacial score (nSPS) is 21.0. The minimum atomic E-state index is -0.615. The molecule has 110 valence electrons. The number of carbonyl (C=O) groups excluding carboxylic acids is 1. The summed E-state index contributed by atoms with van der Waals surface area (Å²) in [6.07, 6.45) is 6.14. The quantitative estimate of drug-likeness (QED) is 0.843. The average molecular weight is 289 g/mol. The summed E-state index contributed by atoms with van der Waals surface area (Å²) in [4.78, 5) is 12.5. The molecule has 1 aliphatic rings. The van der Waals surface area contributed by atoms with Gasteiger partial charge in [-0.3, -0.25) is 4.79 Å². The van der Waals surface area contributed by atoms with Gasteiger partial charge in [0.25, 0.3) is 5.91 Å². The van der Waals surface area contributed by atoms with E-state index in [1.54, 1.807) is 0 Å². The first-order valence-corrected chi connectivity index (χ1v) is 7.51. The van der Waals surface area contributed by atoms with Crippen molar-refractivity contribution in [3.05, 3.63) is 95.1 Å². The van der Waals surface area contributed by atoms with Crippen LogP contribution >= 0.6 is 0 Å². The Kier molecular flexibility index (Phi) is 3.68. The van der Waals surface area contributed by atoms with Gasteiger partial charge in [-0.25, -0.2) is 0 Å². The Labute approximate surface area is 131 Å². The van der Waals surface area contributed by atoms with Gasteiger partial charge in [-0.15, -0.1) is 0 Å². The molecule has 1 aliphatic heterocycles. The molecule has 0 aliphatic carbocycles. The zero-order chi connectivity index (χ0) is 15.6. The van der Waals surface area contributed by atoms with Crippen molar-refractivity contribution in [3.8, 4) is 0 Å². The molecule has 0 saturated carbocycles. The summed E-state index contributed by atoms with van der Waals surface area (Å²) in [5, 5.41) is 3.23. The van der Waals surface area contributed by atoms with E-state index in [0.717, 1.165) is 22.3 Å². The Morgan fingerprint density at radius 3 is 2.36 bits per heavy atom. The molecule has 1 N–H and O–H groups in total. The van der Waals surface area contributed by atoms with Crippen LogP contribution in [-0.2, 0) is 5.54 Å². The van der Waals surface area contributed by atoms with E-state index < -0.39 is 5.54 Å². The fourth-order valence-corrected chi connectivity index (χ4v) is 3.24. The molecule has 2 aromatic carbocycles. The number of fused-ring (bicyclic) bond motifs is 1. The van der Waals surface area contributed by atoms with Gasteiger partial charge in [0.1, 0.15) is 5.54 Å². The molecular weight excluding hydrogens is 270 g/mol. The largest absolute Gasteiger partial charge is 0.334 e. The van der Waals surface area contributed by atoms with Crippen LogP contribution in [0.1, 0.15) is 35.3 Å². The second-order valence-corrected chi connectivity index (χ2v) is 5.36. The first kappa shape index (κ1) is 14.3. The number of nitrogens with one attached hydrogen (secondary N) is 1. The summed E-state index contributed by atoms with van der Waals surface area (Å²) in [5.41, 5.74) is 3.28. The number of carbonyl (C=O) groups is 1. The molecule has 0 aromatic heterocycles. The zero-order valence-electron chi connectivity index (χ0n) is 12.8. The topological polar surface area (TPSA) is 29.1 Å². The van der Waals surface area contributed by atoms with Crippen LogP contribution in [0.4, 0.5) is 0 Å². The first-order chi connectivity index (χ1) is 10.7. The lowest BCUT2D eigenvalue weighted by Gasteiger charge is -2.33. The van der Waals surface area contributed by atoms with Gasteiger partial charge in [0.2, 0.25) is 0 Å². The molecule has 1 unspecified atom stereocenters. The van der Waals surface area contributed by atoms with Crippen molar-refractivity contribution in [1.29, 1.82) is 0 Å². The number of benzene rings is 2. The van der Waals surface area contributed by atoms with Crippen molar-refractivity contribution in [1.82, 2.24) is 5.32 Å². The minimum Gasteiger partial charge on any atom is -0.334 e. The third-order valence-corrected chi connectivity index (χ3v) is 4.17. The Morgan fingerprint density at radius 2 is 1.68 bits per heavy atom. The molecule has 2 heteroatoms. The molecule has 22 heavy (non-hydrogen) atoms. The zero-order valence-corrected chi connectivity index (χ0v) is 12.8. The van der Waals surface area contributed by atoms with Crippen LogP contribution in [-0.4, -0.2) is 5.91 Å². The summed E-state index contributed by atoms with van der Waals surface area (Å²) >= 11 is 0. The van der Waals surface area contributed by atoms with Gasteiger partial charge in [0.15, 0.2) is 0 Å². The number of amides is 1. The SMILES string of the molecule is C/C=C\C(=C/C)C1(c2ccccc2)NC(=O)c2ccccc21. The highest BCUT2D eigenvalue weighted by atomic mass is 16.2. The Bertz CT molecular complexity index is 758. The maximum absolute atomic E-state index is 12.5. The number of hydrogen-bond donors (Lipinski definition) is 1. The van der Waals surface area contributed by atoms with Crippen molar-refractivity contribution in [3.63, 3.8) is 0 Å². The van der Waals surface area contributed by atoms with Crippen LogP contribution < -0.4 is 5.32 Å². The molecule has 1 atom stereocenters. The van der Waals surface area contributed by atoms with E-state index in [1.807, 2.05) is 62.4 Å². The van der Waals surface area contributed by atoms with Gasteiger partial charge in [-0.2, -0.15) is 0 Å². The second-order valence-electron chi connectivity index (χ2n) is 5.36. The van der Waals surface area contributed by atoms with Gasteiger partial charge in [0.05, 0.1) is 0 Å². The van der Waals surface area contributed by atoms with Gasteiger partial charge >= 0.3 is 0 Å². The molecule has 2 aromatic rings. The van der Waals surface area contributed by atoms with E-state index in [-0.39, 0.29) is 5.91 Å². The van der Waals surface area contributed by atoms with E-state index in [9.17, 15) is 4.79 Å². The summed E-state index contributed by atoms with van der Waals surface area (Å²) in [6, 6.07) is 18.0. The van der Waals surface area contributed by atoms with Crippen molar-refractivity contribution in [2.24, 2.45) is 0 Å². The van der Waals surface area contributed by atoms with E-state index in [0.29, 0.717) is 0 Å². The van der Waals surface area contributed by atoms with Crippen LogP contribution in [0.5, 0.6) is 0 Å². The van der Waals surface area contributed by atoms with Crippen molar-refractivity contribution >= 4 is 5.91 Å². The monoisotopic (exact) mass is 289 g/mol. The number of hydrogen-bond acceptors (Lipinski definition) is 1. The number of rotatable bonds is 3. The summed E-state index contributed by atoms with van der Waals surface area (Å²) in [6.45, 7) is 4.00. The second kappa shape index (κ2) is 5.64. The summed E-state index contributed by atoms with van der Waals surface area (Å²) in [7, 11) is 0. The Hall–Kier alpha value is -2.61. The molecule has 0 spiro atoms. The lowest BCUT2D eigenvalue weighted by atomic mass is 9.77. The third-order valence-electron chi connectivity index (χ3n) is 4.17. The highest BCUT2D eigenvalue weighted by Gasteiger charge is 2.45. The molecule has 2 nitrogen and oxygen atoms in total. The molecule has 3 rings (SSSR count). The predicted octanol–water partition coefficient (Wildman–Crippen LogP) is 4.20.